The van der Waals surface area contributed by atoms with E-state index in [9.17, 15) is 13.6 Å². The van der Waals surface area contributed by atoms with Gasteiger partial charge >= 0.3 is 0 Å². The SMILES string of the molecule is Cc1cnc(NC2CCC(NC(=O)[C@@H]3C[C@@H]3c3ccc(F)c(F)c3)CC2)nc1N(C)C. The molecule has 8 heteroatoms. The van der Waals surface area contributed by atoms with Crippen molar-refractivity contribution < 1.29 is 13.6 Å². The number of aryl methyl sites for hydroxylation is 1. The van der Waals surface area contributed by atoms with E-state index >= 15 is 0 Å². The van der Waals surface area contributed by atoms with E-state index in [1.165, 1.54) is 6.07 Å². The van der Waals surface area contributed by atoms with E-state index < -0.39 is 11.6 Å². The number of rotatable bonds is 6. The van der Waals surface area contributed by atoms with E-state index in [2.05, 4.69) is 20.6 Å². The molecule has 6 nitrogen and oxygen atoms in total. The maximum absolute atomic E-state index is 13.4. The first-order valence-electron chi connectivity index (χ1n) is 10.8. The number of carbonyl (C=O) groups excluding carboxylic acids is 1. The number of aromatic nitrogens is 2. The highest BCUT2D eigenvalue weighted by Gasteiger charge is 2.44. The summed E-state index contributed by atoms with van der Waals surface area (Å²) in [5, 5.41) is 6.57. The molecule has 166 valence electrons. The summed E-state index contributed by atoms with van der Waals surface area (Å²) in [5.41, 5.74) is 1.73. The van der Waals surface area contributed by atoms with Crippen LogP contribution >= 0.6 is 0 Å². The lowest BCUT2D eigenvalue weighted by Crippen LogP contribution is -2.41. The van der Waals surface area contributed by atoms with E-state index in [0.717, 1.165) is 43.1 Å². The van der Waals surface area contributed by atoms with Gasteiger partial charge < -0.3 is 15.5 Å². The van der Waals surface area contributed by atoms with Crippen molar-refractivity contribution in [3.8, 4) is 0 Å². The molecule has 1 aromatic heterocycles. The second-order valence-electron chi connectivity index (χ2n) is 8.92. The van der Waals surface area contributed by atoms with Gasteiger partial charge in [-0.25, -0.2) is 13.8 Å². The fraction of sp³-hybridized carbons (Fsp3) is 0.522. The highest BCUT2D eigenvalue weighted by molar-refractivity contribution is 5.83. The molecule has 2 fully saturated rings. The number of anilines is 2. The molecule has 0 aliphatic heterocycles. The highest BCUT2D eigenvalue weighted by Crippen LogP contribution is 2.48. The van der Waals surface area contributed by atoms with Crippen LogP contribution in [-0.4, -0.2) is 42.1 Å². The van der Waals surface area contributed by atoms with Crippen LogP contribution in [0.2, 0.25) is 0 Å². The topological polar surface area (TPSA) is 70.1 Å². The Balaban J connectivity index is 1.25. The first-order valence-corrected chi connectivity index (χ1v) is 10.8. The van der Waals surface area contributed by atoms with Crippen LogP contribution in [0.1, 0.15) is 49.1 Å². The molecule has 0 saturated heterocycles. The van der Waals surface area contributed by atoms with Gasteiger partial charge in [-0.15, -0.1) is 0 Å². The molecule has 2 atom stereocenters. The van der Waals surface area contributed by atoms with Gasteiger partial charge in [-0.1, -0.05) is 6.07 Å². The minimum absolute atomic E-state index is 0.0160. The Labute approximate surface area is 181 Å². The third-order valence-corrected chi connectivity index (χ3v) is 6.27. The van der Waals surface area contributed by atoms with Gasteiger partial charge in [0, 0.05) is 43.9 Å². The molecule has 31 heavy (non-hydrogen) atoms. The zero-order valence-corrected chi connectivity index (χ0v) is 18.2. The fourth-order valence-corrected chi connectivity index (χ4v) is 4.42. The van der Waals surface area contributed by atoms with Gasteiger partial charge in [-0.2, -0.15) is 4.98 Å². The van der Waals surface area contributed by atoms with E-state index in [1.54, 1.807) is 6.07 Å². The Morgan fingerprint density at radius 3 is 2.48 bits per heavy atom. The van der Waals surface area contributed by atoms with Crippen LogP contribution < -0.4 is 15.5 Å². The fourth-order valence-electron chi connectivity index (χ4n) is 4.42. The predicted molar refractivity (Wildman–Crippen MR) is 116 cm³/mol. The summed E-state index contributed by atoms with van der Waals surface area (Å²) in [7, 11) is 3.92. The number of nitrogens with one attached hydrogen (secondary N) is 2. The van der Waals surface area contributed by atoms with Gasteiger partial charge in [0.15, 0.2) is 11.6 Å². The molecule has 4 rings (SSSR count). The summed E-state index contributed by atoms with van der Waals surface area (Å²) in [5.74, 6) is -0.325. The number of nitrogens with zero attached hydrogens (tertiary/aromatic N) is 3. The van der Waals surface area contributed by atoms with Crippen LogP contribution in [0.4, 0.5) is 20.5 Å². The minimum atomic E-state index is -0.857. The molecule has 2 aromatic rings. The number of carbonyl (C=O) groups is 1. The number of amides is 1. The highest BCUT2D eigenvalue weighted by atomic mass is 19.2. The summed E-state index contributed by atoms with van der Waals surface area (Å²) in [6.45, 7) is 1.99. The average molecular weight is 430 g/mol. The third-order valence-electron chi connectivity index (χ3n) is 6.27. The molecule has 2 aliphatic rings. The van der Waals surface area contributed by atoms with Crippen molar-refractivity contribution in [1.82, 2.24) is 15.3 Å². The Kier molecular flexibility index (Phi) is 6.07. The number of halogens is 2. The Morgan fingerprint density at radius 1 is 1.10 bits per heavy atom. The third kappa shape index (κ3) is 4.94. The molecule has 0 bridgehead atoms. The van der Waals surface area contributed by atoms with Crippen LogP contribution in [0, 0.1) is 24.5 Å². The molecule has 2 N–H and O–H groups in total. The standard InChI is InChI=1S/C23H29F2N5O/c1-13-12-26-23(29-21(13)30(2)3)28-16-7-5-15(6-8-16)27-22(31)18-11-17(18)14-4-9-19(24)20(25)10-14/h4,9-10,12,15-18H,5-8,11H2,1-3H3,(H,27,31)(H,26,28,29)/t15?,16?,17-,18-/m1/s1. The molecule has 2 saturated carbocycles. The van der Waals surface area contributed by atoms with Crippen molar-refractivity contribution in [2.75, 3.05) is 24.3 Å². The maximum atomic E-state index is 13.4. The summed E-state index contributed by atoms with van der Waals surface area (Å²) in [6.07, 6.45) is 6.15. The smallest absolute Gasteiger partial charge is 0.224 e. The minimum Gasteiger partial charge on any atom is -0.362 e. The number of hydrogen-bond acceptors (Lipinski definition) is 5. The van der Waals surface area contributed by atoms with E-state index in [4.69, 9.17) is 0 Å². The van der Waals surface area contributed by atoms with Crippen LogP contribution in [0.25, 0.3) is 0 Å². The van der Waals surface area contributed by atoms with Gasteiger partial charge in [-0.05, 0) is 62.6 Å². The molecule has 0 spiro atoms. The van der Waals surface area contributed by atoms with Gasteiger partial charge in [0.2, 0.25) is 11.9 Å². The zero-order chi connectivity index (χ0) is 22.1. The van der Waals surface area contributed by atoms with Crippen LogP contribution in [0.15, 0.2) is 24.4 Å². The lowest BCUT2D eigenvalue weighted by Gasteiger charge is -2.30. The van der Waals surface area contributed by atoms with Gasteiger partial charge in [0.25, 0.3) is 0 Å². The maximum Gasteiger partial charge on any atom is 0.224 e. The predicted octanol–water partition coefficient (Wildman–Crippen LogP) is 3.77. The molecule has 1 heterocycles. The summed E-state index contributed by atoms with van der Waals surface area (Å²) < 4.78 is 26.6. The van der Waals surface area contributed by atoms with Crippen molar-refractivity contribution >= 4 is 17.7 Å². The summed E-state index contributed by atoms with van der Waals surface area (Å²) in [6, 6.07) is 4.34. The van der Waals surface area contributed by atoms with E-state index in [-0.39, 0.29) is 29.8 Å². The van der Waals surface area contributed by atoms with Crippen LogP contribution in [0.5, 0.6) is 0 Å². The number of hydrogen-bond donors (Lipinski definition) is 2. The van der Waals surface area contributed by atoms with Crippen LogP contribution in [-0.2, 0) is 4.79 Å². The van der Waals surface area contributed by atoms with Gasteiger partial charge in [0.05, 0.1) is 0 Å². The Bertz CT molecular complexity index is 959. The molecule has 1 amide bonds. The molecule has 2 aliphatic carbocycles. The van der Waals surface area contributed by atoms with Crippen molar-refractivity contribution in [2.45, 2.75) is 57.0 Å². The lowest BCUT2D eigenvalue weighted by molar-refractivity contribution is -0.123. The Morgan fingerprint density at radius 2 is 1.81 bits per heavy atom. The van der Waals surface area contributed by atoms with Crippen molar-refractivity contribution in [3.63, 3.8) is 0 Å². The van der Waals surface area contributed by atoms with Crippen LogP contribution in [0.3, 0.4) is 0 Å². The monoisotopic (exact) mass is 429 g/mol. The molecule has 1 aromatic carbocycles. The van der Waals surface area contributed by atoms with Crippen molar-refractivity contribution in [2.24, 2.45) is 5.92 Å². The molecule has 0 unspecified atom stereocenters. The quantitative estimate of drug-likeness (QED) is 0.732. The molecular weight excluding hydrogens is 400 g/mol. The summed E-state index contributed by atoms with van der Waals surface area (Å²) in [4.78, 5) is 23.6. The van der Waals surface area contributed by atoms with E-state index in [0.29, 0.717) is 17.9 Å². The molecular formula is C23H29F2N5O. The summed E-state index contributed by atoms with van der Waals surface area (Å²) >= 11 is 0. The lowest BCUT2D eigenvalue weighted by atomic mass is 9.91. The Hall–Kier alpha value is -2.77. The average Bonchev–Trinajstić information content (AvgIpc) is 3.54. The first-order chi connectivity index (χ1) is 14.8. The first kappa shape index (κ1) is 21.5. The second-order valence-corrected chi connectivity index (χ2v) is 8.92. The van der Waals surface area contributed by atoms with Gasteiger partial charge in [0.1, 0.15) is 5.82 Å². The second kappa shape index (κ2) is 8.77. The number of benzene rings is 1. The van der Waals surface area contributed by atoms with Crippen molar-refractivity contribution in [3.05, 3.63) is 47.2 Å². The largest absolute Gasteiger partial charge is 0.362 e. The molecule has 0 radical (unpaired) electrons. The van der Waals surface area contributed by atoms with E-state index in [1.807, 2.05) is 32.1 Å². The normalized spacial score (nSPS) is 25.1. The zero-order valence-electron chi connectivity index (χ0n) is 18.2. The van der Waals surface area contributed by atoms with Crippen molar-refractivity contribution in [1.29, 1.82) is 0 Å². The van der Waals surface area contributed by atoms with Gasteiger partial charge in [-0.3, -0.25) is 4.79 Å².